The number of para-hydroxylation sites is 1. The van der Waals surface area contributed by atoms with Crippen LogP contribution in [0.5, 0.6) is 5.75 Å². The van der Waals surface area contributed by atoms with Gasteiger partial charge in [-0.2, -0.15) is 13.2 Å². The van der Waals surface area contributed by atoms with Gasteiger partial charge in [-0.15, -0.1) is 0 Å². The molecule has 2 aromatic carbocycles. The molecule has 0 radical (unpaired) electrons. The van der Waals surface area contributed by atoms with Gasteiger partial charge in [0, 0.05) is 23.3 Å². The van der Waals surface area contributed by atoms with Crippen LogP contribution in [0.15, 0.2) is 59.4 Å². The molecule has 0 aliphatic rings. The molecule has 0 unspecified atom stereocenters. The molecule has 0 aliphatic carbocycles. The van der Waals surface area contributed by atoms with Crippen molar-refractivity contribution >= 4 is 11.6 Å². The molecule has 0 spiro atoms. The van der Waals surface area contributed by atoms with E-state index >= 15 is 0 Å². The van der Waals surface area contributed by atoms with Crippen molar-refractivity contribution in [3.05, 3.63) is 91.9 Å². The van der Waals surface area contributed by atoms with Crippen molar-refractivity contribution < 1.29 is 27.6 Å². The number of alkyl halides is 3. The lowest BCUT2D eigenvalue weighted by Crippen LogP contribution is -2.27. The minimum Gasteiger partial charge on any atom is -0.488 e. The summed E-state index contributed by atoms with van der Waals surface area (Å²) in [5.74, 6) is -1.16. The highest BCUT2D eigenvalue weighted by molar-refractivity contribution is 6.00. The number of aromatic amines is 1. The van der Waals surface area contributed by atoms with Gasteiger partial charge >= 0.3 is 6.18 Å². The van der Waals surface area contributed by atoms with Gasteiger partial charge in [-0.05, 0) is 17.7 Å². The number of nitrogens with two attached hydrogens (primary N) is 1. The first-order chi connectivity index (χ1) is 14.6. The first-order valence-corrected chi connectivity index (χ1v) is 8.68. The largest absolute Gasteiger partial charge is 0.488 e. The summed E-state index contributed by atoms with van der Waals surface area (Å²) in [7, 11) is 0. The molecule has 3 N–H and O–H groups in total. The number of carbonyl (C=O) groups excluding carboxylic acids is 1. The molecule has 1 aromatic heterocycles. The second-order valence-electron chi connectivity index (χ2n) is 6.37. The number of H-pyrrole nitrogens is 1. The van der Waals surface area contributed by atoms with Gasteiger partial charge in [0.05, 0.1) is 4.92 Å². The molecule has 0 fully saturated rings. The number of nitro benzene ring substituents is 1. The second-order valence-corrected chi connectivity index (χ2v) is 6.37. The smallest absolute Gasteiger partial charge is 0.431 e. The number of amides is 1. The van der Waals surface area contributed by atoms with Gasteiger partial charge in [0.1, 0.15) is 23.6 Å². The highest BCUT2D eigenvalue weighted by Crippen LogP contribution is 2.35. The van der Waals surface area contributed by atoms with Crippen molar-refractivity contribution in [1.82, 2.24) is 4.98 Å². The molecule has 1 amide bonds. The fourth-order valence-corrected chi connectivity index (χ4v) is 2.91. The lowest BCUT2D eigenvalue weighted by Gasteiger charge is -2.15. The third-order valence-electron chi connectivity index (χ3n) is 4.28. The Hall–Kier alpha value is -4.15. The number of rotatable bonds is 6. The number of halogens is 3. The minimum atomic E-state index is -4.87. The number of non-ortho nitro benzene ring substituents is 1. The number of pyridine rings is 1. The molecule has 11 heteroatoms. The van der Waals surface area contributed by atoms with E-state index in [1.54, 1.807) is 11.1 Å². The van der Waals surface area contributed by atoms with E-state index in [0.717, 1.165) is 0 Å². The summed E-state index contributed by atoms with van der Waals surface area (Å²) in [6.07, 6.45) is -4.87. The van der Waals surface area contributed by atoms with E-state index in [4.69, 9.17) is 10.5 Å². The number of nitrogens with one attached hydrogen (secondary N) is 1. The van der Waals surface area contributed by atoms with Crippen LogP contribution in [0.2, 0.25) is 0 Å². The minimum absolute atomic E-state index is 0.0262. The van der Waals surface area contributed by atoms with Crippen molar-refractivity contribution in [3.63, 3.8) is 0 Å². The Labute approximate surface area is 172 Å². The van der Waals surface area contributed by atoms with Gasteiger partial charge in [-0.25, -0.2) is 0 Å². The Balaban J connectivity index is 2.07. The fourth-order valence-electron chi connectivity index (χ4n) is 2.91. The van der Waals surface area contributed by atoms with Gasteiger partial charge < -0.3 is 15.5 Å². The topological polar surface area (TPSA) is 128 Å². The number of ether oxygens (including phenoxy) is 1. The number of nitro groups is 1. The van der Waals surface area contributed by atoms with Crippen LogP contribution in [0.3, 0.4) is 0 Å². The Bertz CT molecular complexity index is 1220. The quantitative estimate of drug-likeness (QED) is 0.453. The summed E-state index contributed by atoms with van der Waals surface area (Å²) in [4.78, 5) is 35.9. The highest BCUT2D eigenvalue weighted by atomic mass is 19.4. The fraction of sp³-hybridized carbons (Fsp3) is 0.100. The zero-order chi connectivity index (χ0) is 22.8. The van der Waals surface area contributed by atoms with Crippen molar-refractivity contribution in [2.24, 2.45) is 5.73 Å². The Morgan fingerprint density at radius 1 is 1.10 bits per heavy atom. The molecule has 0 aliphatic heterocycles. The number of benzene rings is 2. The number of hydrogen-bond acceptors (Lipinski definition) is 5. The molecular weight excluding hydrogens is 419 g/mol. The number of carbonyl (C=O) groups is 1. The second kappa shape index (κ2) is 8.30. The predicted octanol–water partition coefficient (Wildman–Crippen LogP) is 3.65. The van der Waals surface area contributed by atoms with E-state index in [9.17, 15) is 32.9 Å². The number of primary amides is 1. The van der Waals surface area contributed by atoms with Gasteiger partial charge in [-0.1, -0.05) is 30.3 Å². The number of hydrogen-bond donors (Lipinski definition) is 2. The van der Waals surface area contributed by atoms with Gasteiger partial charge in [-0.3, -0.25) is 19.7 Å². The molecular formula is C20H14F3N3O5. The number of nitrogens with zero attached hydrogens (tertiary/aromatic N) is 1. The van der Waals surface area contributed by atoms with E-state index < -0.39 is 33.8 Å². The lowest BCUT2D eigenvalue weighted by molar-refractivity contribution is -0.384. The average Bonchev–Trinajstić information content (AvgIpc) is 2.71. The van der Waals surface area contributed by atoms with E-state index in [0.29, 0.717) is 11.6 Å². The zero-order valence-corrected chi connectivity index (χ0v) is 15.6. The highest BCUT2D eigenvalue weighted by Gasteiger charge is 2.34. The van der Waals surface area contributed by atoms with E-state index in [2.05, 4.69) is 0 Å². The first kappa shape index (κ1) is 21.6. The summed E-state index contributed by atoms with van der Waals surface area (Å²) in [5, 5.41) is 10.9. The normalized spacial score (nSPS) is 11.2. The predicted molar refractivity (Wildman–Crippen MR) is 103 cm³/mol. The van der Waals surface area contributed by atoms with Gasteiger partial charge in [0.15, 0.2) is 0 Å². The molecule has 0 bridgehead atoms. The zero-order valence-electron chi connectivity index (χ0n) is 15.6. The summed E-state index contributed by atoms with van der Waals surface area (Å²) in [6.45, 7) is -0.153. The maximum Gasteiger partial charge on any atom is 0.431 e. The van der Waals surface area contributed by atoms with Crippen LogP contribution >= 0.6 is 0 Å². The third kappa shape index (κ3) is 4.71. The summed E-state index contributed by atoms with van der Waals surface area (Å²) in [6, 6.07) is 12.0. The maximum atomic E-state index is 13.2. The van der Waals surface area contributed by atoms with E-state index in [1.165, 1.54) is 42.5 Å². The van der Waals surface area contributed by atoms with Crippen molar-refractivity contribution in [1.29, 1.82) is 0 Å². The van der Waals surface area contributed by atoms with Crippen molar-refractivity contribution in [3.8, 4) is 16.9 Å². The summed E-state index contributed by atoms with van der Waals surface area (Å²) in [5.41, 5.74) is 1.88. The van der Waals surface area contributed by atoms with Crippen LogP contribution in [0.1, 0.15) is 21.6 Å². The standard InChI is InChI=1S/C20H14F3N3O5/c21-20(22,23)16-9-14(17(18(24)27)19(28)25-16)13-6-1-2-7-15(13)31-10-11-4-3-5-12(8-11)26(29)30/h1-9H,10H2,(H2,24,27)(H,25,28). The molecule has 0 atom stereocenters. The SMILES string of the molecule is NC(=O)c1c(-c2ccccc2OCc2cccc([N+](=O)[O-])c2)cc(C(F)(F)F)[nH]c1=O. The van der Waals surface area contributed by atoms with Crippen LogP contribution in [0.4, 0.5) is 18.9 Å². The summed E-state index contributed by atoms with van der Waals surface area (Å²) < 4.78 is 45.2. The van der Waals surface area contributed by atoms with Crippen LogP contribution in [0, 0.1) is 10.1 Å². The molecule has 160 valence electrons. The summed E-state index contributed by atoms with van der Waals surface area (Å²) >= 11 is 0. The maximum absolute atomic E-state index is 13.2. The average molecular weight is 433 g/mol. The first-order valence-electron chi connectivity index (χ1n) is 8.68. The molecule has 1 heterocycles. The monoisotopic (exact) mass is 433 g/mol. The molecule has 8 nitrogen and oxygen atoms in total. The number of aromatic nitrogens is 1. The van der Waals surface area contributed by atoms with E-state index in [-0.39, 0.29) is 29.2 Å². The van der Waals surface area contributed by atoms with Crippen molar-refractivity contribution in [2.45, 2.75) is 12.8 Å². The molecule has 31 heavy (non-hydrogen) atoms. The Morgan fingerprint density at radius 2 is 1.81 bits per heavy atom. The van der Waals surface area contributed by atoms with Crippen LogP contribution in [-0.2, 0) is 12.8 Å². The van der Waals surface area contributed by atoms with Crippen LogP contribution in [-0.4, -0.2) is 15.8 Å². The molecule has 3 aromatic rings. The van der Waals surface area contributed by atoms with Crippen LogP contribution < -0.4 is 16.0 Å². The van der Waals surface area contributed by atoms with Gasteiger partial charge in [0.2, 0.25) is 0 Å². The Morgan fingerprint density at radius 3 is 2.45 bits per heavy atom. The Kier molecular flexibility index (Phi) is 5.77. The van der Waals surface area contributed by atoms with Crippen LogP contribution in [0.25, 0.3) is 11.1 Å². The third-order valence-corrected chi connectivity index (χ3v) is 4.28. The van der Waals surface area contributed by atoms with E-state index in [1.807, 2.05) is 0 Å². The van der Waals surface area contributed by atoms with Gasteiger partial charge in [0.25, 0.3) is 17.2 Å². The van der Waals surface area contributed by atoms with Crippen molar-refractivity contribution in [2.75, 3.05) is 0 Å². The molecule has 3 rings (SSSR count). The molecule has 0 saturated heterocycles. The lowest BCUT2D eigenvalue weighted by atomic mass is 9.98. The molecule has 0 saturated carbocycles.